The molecule has 0 saturated carbocycles. The van der Waals surface area contributed by atoms with Crippen molar-refractivity contribution in [3.8, 4) is 17.0 Å². The third kappa shape index (κ3) is 4.66. The van der Waals surface area contributed by atoms with Gasteiger partial charge in [0.15, 0.2) is 0 Å². The Morgan fingerprint density at radius 2 is 1.70 bits per heavy atom. The van der Waals surface area contributed by atoms with Crippen molar-refractivity contribution < 1.29 is 19.4 Å². The first kappa shape index (κ1) is 21.0. The number of methoxy groups -OCH3 is 1. The minimum atomic E-state index is -0.989. The largest absolute Gasteiger partial charge is 0.481 e. The van der Waals surface area contributed by atoms with E-state index in [0.29, 0.717) is 17.0 Å². The summed E-state index contributed by atoms with van der Waals surface area (Å²) in [6, 6.07) is 16.3. The first-order valence-electron chi connectivity index (χ1n) is 9.59. The summed E-state index contributed by atoms with van der Waals surface area (Å²) in [5.41, 5.74) is 4.66. The number of aromatic nitrogens is 1. The number of hydrogen-bond acceptors (Lipinski definition) is 4. The molecule has 1 atom stereocenters. The van der Waals surface area contributed by atoms with Crippen LogP contribution in [-0.2, 0) is 4.79 Å². The smallest absolute Gasteiger partial charge is 0.305 e. The van der Waals surface area contributed by atoms with E-state index in [1.165, 1.54) is 13.3 Å². The molecule has 1 heterocycles. The fourth-order valence-electron chi connectivity index (χ4n) is 3.44. The lowest BCUT2D eigenvalue weighted by Crippen LogP contribution is -2.30. The van der Waals surface area contributed by atoms with Crippen LogP contribution in [0.1, 0.15) is 39.5 Å². The van der Waals surface area contributed by atoms with Crippen LogP contribution in [0.5, 0.6) is 5.88 Å². The molecule has 0 spiro atoms. The van der Waals surface area contributed by atoms with Crippen LogP contribution in [-0.4, -0.2) is 29.1 Å². The topological polar surface area (TPSA) is 88.5 Å². The molecule has 154 valence electrons. The van der Waals surface area contributed by atoms with Crippen molar-refractivity contribution in [1.29, 1.82) is 0 Å². The van der Waals surface area contributed by atoms with E-state index in [1.54, 1.807) is 6.07 Å². The fourth-order valence-corrected chi connectivity index (χ4v) is 3.44. The number of carboxylic acids is 1. The maximum Gasteiger partial charge on any atom is 0.305 e. The van der Waals surface area contributed by atoms with Crippen molar-refractivity contribution in [3.05, 3.63) is 83.0 Å². The highest BCUT2D eigenvalue weighted by atomic mass is 16.5. The average molecular weight is 404 g/mol. The fraction of sp³-hybridized carbons (Fsp3) is 0.208. The third-order valence-electron chi connectivity index (χ3n) is 4.99. The minimum Gasteiger partial charge on any atom is -0.481 e. The van der Waals surface area contributed by atoms with E-state index in [1.807, 2.05) is 62.4 Å². The third-order valence-corrected chi connectivity index (χ3v) is 4.99. The molecule has 1 amide bonds. The van der Waals surface area contributed by atoms with Gasteiger partial charge in [-0.15, -0.1) is 0 Å². The van der Waals surface area contributed by atoms with E-state index in [0.717, 1.165) is 22.3 Å². The summed E-state index contributed by atoms with van der Waals surface area (Å²) in [4.78, 5) is 28.7. The molecule has 2 N–H and O–H groups in total. The molecule has 2 aromatic carbocycles. The van der Waals surface area contributed by atoms with Crippen LogP contribution in [0.4, 0.5) is 0 Å². The minimum absolute atomic E-state index is 0.217. The molecular weight excluding hydrogens is 380 g/mol. The molecule has 3 rings (SSSR count). The number of ether oxygens (including phenoxy) is 1. The highest BCUT2D eigenvalue weighted by molar-refractivity contribution is 5.96. The van der Waals surface area contributed by atoms with Gasteiger partial charge in [-0.25, -0.2) is 4.98 Å². The number of carboxylic acid groups (broad SMARTS) is 1. The number of amides is 1. The number of nitrogens with one attached hydrogen (secondary N) is 1. The van der Waals surface area contributed by atoms with E-state index in [-0.39, 0.29) is 6.42 Å². The van der Waals surface area contributed by atoms with Crippen LogP contribution in [0.2, 0.25) is 0 Å². The number of rotatable bonds is 7. The summed E-state index contributed by atoms with van der Waals surface area (Å²) in [5.74, 6) is -0.965. The Morgan fingerprint density at radius 3 is 2.33 bits per heavy atom. The second-order valence-electron chi connectivity index (χ2n) is 7.08. The van der Waals surface area contributed by atoms with Gasteiger partial charge in [-0.05, 0) is 42.2 Å². The number of aryl methyl sites for hydroxylation is 2. The number of pyridine rings is 1. The van der Waals surface area contributed by atoms with Gasteiger partial charge in [0.2, 0.25) is 5.88 Å². The zero-order valence-corrected chi connectivity index (χ0v) is 17.2. The lowest BCUT2D eigenvalue weighted by molar-refractivity contribution is -0.137. The lowest BCUT2D eigenvalue weighted by atomic mass is 9.97. The molecule has 0 aliphatic carbocycles. The van der Waals surface area contributed by atoms with Gasteiger partial charge in [-0.2, -0.15) is 0 Å². The standard InChI is InChI=1S/C24H24N2O4/c1-15-8-4-6-10-18(15)20-12-17(14-25-24(20)30-3)23(29)26-21(13-22(27)28)19-11-7-5-9-16(19)2/h4-12,14,21H,13H2,1-3H3,(H,26,29)(H,27,28). The van der Waals surface area contributed by atoms with Gasteiger partial charge in [0, 0.05) is 11.8 Å². The number of nitrogens with zero attached hydrogens (tertiary/aromatic N) is 1. The number of hydrogen-bond donors (Lipinski definition) is 2. The number of benzene rings is 2. The number of aliphatic carboxylic acids is 1. The van der Waals surface area contributed by atoms with Crippen molar-refractivity contribution in [2.24, 2.45) is 0 Å². The Morgan fingerprint density at radius 1 is 1.03 bits per heavy atom. The Balaban J connectivity index is 1.96. The molecule has 0 radical (unpaired) electrons. The second kappa shape index (κ2) is 9.22. The zero-order valence-electron chi connectivity index (χ0n) is 17.2. The van der Waals surface area contributed by atoms with Gasteiger partial charge >= 0.3 is 5.97 Å². The van der Waals surface area contributed by atoms with Crippen molar-refractivity contribution in [1.82, 2.24) is 10.3 Å². The van der Waals surface area contributed by atoms with Gasteiger partial charge in [-0.1, -0.05) is 48.5 Å². The molecule has 6 heteroatoms. The van der Waals surface area contributed by atoms with Crippen molar-refractivity contribution in [3.63, 3.8) is 0 Å². The van der Waals surface area contributed by atoms with Crippen LogP contribution < -0.4 is 10.1 Å². The van der Waals surface area contributed by atoms with Crippen molar-refractivity contribution in [2.45, 2.75) is 26.3 Å². The first-order chi connectivity index (χ1) is 14.4. The Labute approximate surface area is 175 Å². The summed E-state index contributed by atoms with van der Waals surface area (Å²) >= 11 is 0. The predicted octanol–water partition coefficient (Wildman–Crippen LogP) is 4.32. The normalized spacial score (nSPS) is 11.6. The zero-order chi connectivity index (χ0) is 21.7. The molecule has 0 bridgehead atoms. The van der Waals surface area contributed by atoms with Gasteiger partial charge in [0.1, 0.15) is 0 Å². The molecule has 1 unspecified atom stereocenters. The summed E-state index contributed by atoms with van der Waals surface area (Å²) in [6.45, 7) is 3.87. The Bertz CT molecular complexity index is 1080. The monoisotopic (exact) mass is 404 g/mol. The van der Waals surface area contributed by atoms with Crippen LogP contribution in [0, 0.1) is 13.8 Å². The van der Waals surface area contributed by atoms with Crippen LogP contribution in [0.15, 0.2) is 60.8 Å². The average Bonchev–Trinajstić information content (AvgIpc) is 2.73. The van der Waals surface area contributed by atoms with Crippen molar-refractivity contribution >= 4 is 11.9 Å². The van der Waals surface area contributed by atoms with E-state index >= 15 is 0 Å². The first-order valence-corrected chi connectivity index (χ1v) is 9.59. The van der Waals surface area contributed by atoms with Gasteiger partial charge in [-0.3, -0.25) is 9.59 Å². The van der Waals surface area contributed by atoms with E-state index in [9.17, 15) is 14.7 Å². The summed E-state index contributed by atoms with van der Waals surface area (Å²) in [5, 5.41) is 12.2. The molecule has 30 heavy (non-hydrogen) atoms. The van der Waals surface area contributed by atoms with Crippen LogP contribution in [0.25, 0.3) is 11.1 Å². The molecule has 0 aliphatic heterocycles. The molecule has 0 fully saturated rings. The maximum absolute atomic E-state index is 13.0. The van der Waals surface area contributed by atoms with Crippen LogP contribution >= 0.6 is 0 Å². The SMILES string of the molecule is COc1ncc(C(=O)NC(CC(=O)O)c2ccccc2C)cc1-c1ccccc1C. The Kier molecular flexibility index (Phi) is 6.47. The molecular formula is C24H24N2O4. The summed E-state index contributed by atoms with van der Waals surface area (Å²) < 4.78 is 5.39. The molecule has 0 saturated heterocycles. The lowest BCUT2D eigenvalue weighted by Gasteiger charge is -2.20. The number of carbonyl (C=O) groups excluding carboxylic acids is 1. The van der Waals surface area contributed by atoms with Crippen molar-refractivity contribution in [2.75, 3.05) is 7.11 Å². The predicted molar refractivity (Wildman–Crippen MR) is 115 cm³/mol. The highest BCUT2D eigenvalue weighted by Gasteiger charge is 2.22. The van der Waals surface area contributed by atoms with Gasteiger partial charge in [0.05, 0.1) is 25.1 Å². The van der Waals surface area contributed by atoms with E-state index in [4.69, 9.17) is 4.74 Å². The van der Waals surface area contributed by atoms with E-state index in [2.05, 4.69) is 10.3 Å². The van der Waals surface area contributed by atoms with Crippen LogP contribution in [0.3, 0.4) is 0 Å². The van der Waals surface area contributed by atoms with Gasteiger partial charge in [0.25, 0.3) is 5.91 Å². The maximum atomic E-state index is 13.0. The Hall–Kier alpha value is -3.67. The quantitative estimate of drug-likeness (QED) is 0.612. The highest BCUT2D eigenvalue weighted by Crippen LogP contribution is 2.31. The molecule has 0 aliphatic rings. The number of carbonyl (C=O) groups is 2. The van der Waals surface area contributed by atoms with Gasteiger partial charge < -0.3 is 15.2 Å². The van der Waals surface area contributed by atoms with E-state index < -0.39 is 17.9 Å². The summed E-state index contributed by atoms with van der Waals surface area (Å²) in [6.07, 6.45) is 1.22. The summed E-state index contributed by atoms with van der Waals surface area (Å²) in [7, 11) is 1.53. The second-order valence-corrected chi connectivity index (χ2v) is 7.08. The molecule has 1 aromatic heterocycles. The molecule has 3 aromatic rings. The molecule has 6 nitrogen and oxygen atoms in total.